The van der Waals surface area contributed by atoms with Crippen LogP contribution in [0, 0.1) is 0 Å². The molecule has 2 atom stereocenters. The Morgan fingerprint density at radius 2 is 1.97 bits per heavy atom. The molecule has 2 aromatic heterocycles. The molecule has 6 nitrogen and oxygen atoms in total. The van der Waals surface area contributed by atoms with Crippen LogP contribution in [0.1, 0.15) is 50.3 Å². The van der Waals surface area contributed by atoms with Gasteiger partial charge in [-0.05, 0) is 51.8 Å². The molecule has 0 saturated heterocycles. The number of nitrogens with one attached hydrogen (secondary N) is 2. The molecule has 0 bridgehead atoms. The van der Waals surface area contributed by atoms with Crippen LogP contribution in [-0.2, 0) is 6.42 Å². The SMILES string of the molecule is C[C@@H]1Cc2c([nH]c3ccccc23)[C@@H](c2ncc(OCCNCCCF)cn2)N1CC(C)(C)F. The topological polar surface area (TPSA) is 66.1 Å². The zero-order chi connectivity index (χ0) is 23.4. The second-order valence-corrected chi connectivity index (χ2v) is 9.33. The molecule has 3 aromatic rings. The summed E-state index contributed by atoms with van der Waals surface area (Å²) in [6, 6.07) is 8.11. The molecule has 0 radical (unpaired) electrons. The molecule has 1 aliphatic rings. The number of hydrogen-bond donors (Lipinski definition) is 2. The van der Waals surface area contributed by atoms with Gasteiger partial charge in [-0.25, -0.2) is 14.4 Å². The number of fused-ring (bicyclic) bond motifs is 3. The van der Waals surface area contributed by atoms with E-state index in [9.17, 15) is 8.78 Å². The fourth-order valence-electron chi connectivity index (χ4n) is 4.57. The molecule has 1 aliphatic heterocycles. The number of halogens is 2. The van der Waals surface area contributed by atoms with Crippen molar-refractivity contribution >= 4 is 10.9 Å². The van der Waals surface area contributed by atoms with E-state index in [0.29, 0.717) is 37.7 Å². The van der Waals surface area contributed by atoms with E-state index in [2.05, 4.69) is 44.2 Å². The molecule has 1 aromatic carbocycles. The minimum atomic E-state index is -1.35. The van der Waals surface area contributed by atoms with E-state index in [1.807, 2.05) is 12.1 Å². The average molecular weight is 458 g/mol. The summed E-state index contributed by atoms with van der Waals surface area (Å²) in [6.07, 6.45) is 4.68. The first kappa shape index (κ1) is 23.6. The zero-order valence-corrected chi connectivity index (χ0v) is 19.6. The molecule has 178 valence electrons. The Morgan fingerprint density at radius 3 is 2.70 bits per heavy atom. The van der Waals surface area contributed by atoms with Crippen LogP contribution in [0.15, 0.2) is 36.7 Å². The summed E-state index contributed by atoms with van der Waals surface area (Å²) in [6.45, 7) is 7.01. The maximum absolute atomic E-state index is 14.8. The first-order valence-corrected chi connectivity index (χ1v) is 11.6. The number of rotatable bonds is 10. The van der Waals surface area contributed by atoms with Crippen LogP contribution < -0.4 is 10.1 Å². The summed E-state index contributed by atoms with van der Waals surface area (Å²) in [4.78, 5) is 15.0. The van der Waals surface area contributed by atoms with Crippen LogP contribution in [0.5, 0.6) is 5.75 Å². The first-order chi connectivity index (χ1) is 15.9. The fraction of sp³-hybridized carbons (Fsp3) is 0.520. The van der Waals surface area contributed by atoms with E-state index in [1.54, 1.807) is 26.2 Å². The van der Waals surface area contributed by atoms with Crippen molar-refractivity contribution in [3.63, 3.8) is 0 Å². The Hall–Kier alpha value is -2.58. The minimum absolute atomic E-state index is 0.131. The van der Waals surface area contributed by atoms with Gasteiger partial charge in [0.2, 0.25) is 0 Å². The zero-order valence-electron chi connectivity index (χ0n) is 19.6. The van der Waals surface area contributed by atoms with Crippen LogP contribution >= 0.6 is 0 Å². The van der Waals surface area contributed by atoms with Crippen molar-refractivity contribution in [3.05, 3.63) is 53.7 Å². The van der Waals surface area contributed by atoms with Crippen LogP contribution in [0.4, 0.5) is 8.78 Å². The highest BCUT2D eigenvalue weighted by Gasteiger charge is 2.39. The number of nitrogens with zero attached hydrogens (tertiary/aromatic N) is 3. The lowest BCUT2D eigenvalue weighted by Crippen LogP contribution is -2.48. The summed E-state index contributed by atoms with van der Waals surface area (Å²) in [7, 11) is 0. The Morgan fingerprint density at radius 1 is 1.21 bits per heavy atom. The number of benzene rings is 1. The highest BCUT2D eigenvalue weighted by molar-refractivity contribution is 5.85. The molecular formula is C25H33F2N5O. The highest BCUT2D eigenvalue weighted by atomic mass is 19.1. The standard InChI is InChI=1S/C25H33F2N5O/c1-17-13-20-19-7-4-5-8-21(19)31-22(20)23(32(17)16-25(2,3)27)24-29-14-18(15-30-24)33-12-11-28-10-6-9-26/h4-5,7-8,14-15,17,23,28,31H,6,9-13,16H2,1-3H3/t17-,23+/m1/s1. The van der Waals surface area contributed by atoms with Gasteiger partial charge in [0.05, 0.1) is 19.1 Å². The number of ether oxygens (including phenoxy) is 1. The smallest absolute Gasteiger partial charge is 0.155 e. The summed E-state index contributed by atoms with van der Waals surface area (Å²) in [5.41, 5.74) is 2.00. The van der Waals surface area contributed by atoms with Gasteiger partial charge in [-0.2, -0.15) is 0 Å². The van der Waals surface area contributed by atoms with Gasteiger partial charge in [-0.15, -0.1) is 0 Å². The number of H-pyrrole nitrogens is 1. The Kier molecular flexibility index (Phi) is 7.24. The second kappa shape index (κ2) is 10.1. The lowest BCUT2D eigenvalue weighted by molar-refractivity contribution is 0.0638. The first-order valence-electron chi connectivity index (χ1n) is 11.6. The van der Waals surface area contributed by atoms with Crippen molar-refractivity contribution in [3.8, 4) is 5.75 Å². The quantitative estimate of drug-likeness (QED) is 0.443. The average Bonchev–Trinajstić information content (AvgIpc) is 3.14. The van der Waals surface area contributed by atoms with Gasteiger partial charge >= 0.3 is 0 Å². The van der Waals surface area contributed by atoms with Gasteiger partial charge < -0.3 is 15.0 Å². The number of aromatic amines is 1. The second-order valence-electron chi connectivity index (χ2n) is 9.33. The molecule has 0 aliphatic carbocycles. The summed E-state index contributed by atoms with van der Waals surface area (Å²) >= 11 is 0. The molecule has 4 rings (SSSR count). The van der Waals surface area contributed by atoms with E-state index < -0.39 is 5.67 Å². The normalized spacial score (nSPS) is 19.1. The van der Waals surface area contributed by atoms with Crippen molar-refractivity contribution in [2.24, 2.45) is 0 Å². The fourth-order valence-corrected chi connectivity index (χ4v) is 4.57. The molecule has 3 heterocycles. The number of hydrogen-bond acceptors (Lipinski definition) is 5. The third kappa shape index (κ3) is 5.50. The van der Waals surface area contributed by atoms with Crippen LogP contribution in [0.3, 0.4) is 0 Å². The number of alkyl halides is 2. The largest absolute Gasteiger partial charge is 0.489 e. The van der Waals surface area contributed by atoms with E-state index in [1.165, 1.54) is 10.9 Å². The molecule has 0 amide bonds. The van der Waals surface area contributed by atoms with Gasteiger partial charge in [0.1, 0.15) is 18.3 Å². The summed E-state index contributed by atoms with van der Waals surface area (Å²) in [5.74, 6) is 1.19. The van der Waals surface area contributed by atoms with E-state index >= 15 is 0 Å². The van der Waals surface area contributed by atoms with Crippen LogP contribution in [-0.4, -0.2) is 64.5 Å². The molecule has 0 unspecified atom stereocenters. The van der Waals surface area contributed by atoms with Crippen molar-refractivity contribution < 1.29 is 13.5 Å². The summed E-state index contributed by atoms with van der Waals surface area (Å²) < 4.78 is 32.6. The minimum Gasteiger partial charge on any atom is -0.489 e. The Bertz CT molecular complexity index is 1050. The Labute approximate surface area is 193 Å². The maximum Gasteiger partial charge on any atom is 0.155 e. The predicted molar refractivity (Wildman–Crippen MR) is 126 cm³/mol. The van der Waals surface area contributed by atoms with Gasteiger partial charge in [-0.1, -0.05) is 18.2 Å². The van der Waals surface area contributed by atoms with Gasteiger partial charge in [-0.3, -0.25) is 9.29 Å². The van der Waals surface area contributed by atoms with Gasteiger partial charge in [0.15, 0.2) is 11.6 Å². The summed E-state index contributed by atoms with van der Waals surface area (Å²) in [5, 5.41) is 4.32. The number of para-hydroxylation sites is 1. The van der Waals surface area contributed by atoms with Crippen LogP contribution in [0.2, 0.25) is 0 Å². The predicted octanol–water partition coefficient (Wildman–Crippen LogP) is 4.37. The third-order valence-corrected chi connectivity index (χ3v) is 6.00. The van der Waals surface area contributed by atoms with Gasteiger partial charge in [0.25, 0.3) is 0 Å². The van der Waals surface area contributed by atoms with E-state index in [0.717, 1.165) is 17.6 Å². The third-order valence-electron chi connectivity index (χ3n) is 6.00. The van der Waals surface area contributed by atoms with Crippen LogP contribution in [0.25, 0.3) is 10.9 Å². The lowest BCUT2D eigenvalue weighted by atomic mass is 9.90. The maximum atomic E-state index is 14.8. The van der Waals surface area contributed by atoms with Crippen molar-refractivity contribution in [1.29, 1.82) is 0 Å². The molecule has 8 heteroatoms. The molecular weight excluding hydrogens is 424 g/mol. The molecule has 0 fully saturated rings. The van der Waals surface area contributed by atoms with Gasteiger partial charge in [0, 0.05) is 35.7 Å². The molecule has 0 saturated carbocycles. The van der Waals surface area contributed by atoms with E-state index in [4.69, 9.17) is 4.74 Å². The monoisotopic (exact) mass is 457 g/mol. The highest BCUT2D eigenvalue weighted by Crippen LogP contribution is 2.40. The molecule has 2 N–H and O–H groups in total. The lowest BCUT2D eigenvalue weighted by Gasteiger charge is -2.41. The van der Waals surface area contributed by atoms with Crippen molar-refractivity contribution in [2.75, 3.05) is 32.9 Å². The molecule has 0 spiro atoms. The Balaban J connectivity index is 1.59. The van der Waals surface area contributed by atoms with Crippen molar-refractivity contribution in [2.45, 2.75) is 51.4 Å². The van der Waals surface area contributed by atoms with E-state index in [-0.39, 0.29) is 25.3 Å². The molecule has 33 heavy (non-hydrogen) atoms. The van der Waals surface area contributed by atoms with Crippen molar-refractivity contribution in [1.82, 2.24) is 25.2 Å². The number of aromatic nitrogens is 3.